The molecule has 0 atom stereocenters. The molecule has 0 radical (unpaired) electrons. The Kier molecular flexibility index (Phi) is 10.8. The van der Waals surface area contributed by atoms with E-state index in [0.717, 1.165) is 128 Å². The normalized spacial score (nSPS) is 11.8. The maximum atomic E-state index is 6.64. The maximum Gasteiger partial charge on any atom is 0.299 e. The molecule has 384 valence electrons. The van der Waals surface area contributed by atoms with Gasteiger partial charge in [0.1, 0.15) is 11.2 Å². The second-order valence-corrected chi connectivity index (χ2v) is 21.7. The minimum Gasteiger partial charge on any atom is -0.425 e. The number of hydrogen-bond acceptors (Lipinski definition) is 4. The molecule has 4 nitrogen and oxygen atoms in total. The first-order valence-corrected chi connectivity index (χ1v) is 27.8. The summed E-state index contributed by atoms with van der Waals surface area (Å²) in [5, 5.41) is 12.4. The van der Waals surface area contributed by atoms with Crippen molar-refractivity contribution in [2.24, 2.45) is 0 Å². The van der Waals surface area contributed by atoms with E-state index in [9.17, 15) is 0 Å². The number of nitrogen functional groups attached to an aromatic ring is 2. The SMILES string of the molecule is Nc1ccc(-c2c(-c3ccc4ccccc4c3)cc(-c3ccc4oc5oc6ccc(-c7cc(-c8ccc9ccccc9c8)c(-c8ccc(N)cc8)c(-c8ccc9ccccc9c8)c7)cc6c5c4c3)cc2-c2ccc3ccccc3c2)cc1. The van der Waals surface area contributed by atoms with Crippen LogP contribution in [0.25, 0.3) is 165 Å². The van der Waals surface area contributed by atoms with Crippen LogP contribution in [0.3, 0.4) is 0 Å². The van der Waals surface area contributed by atoms with E-state index >= 15 is 0 Å². The number of hydrogen-bond donors (Lipinski definition) is 2. The highest BCUT2D eigenvalue weighted by Gasteiger charge is 2.23. The Labute approximate surface area is 473 Å². The smallest absolute Gasteiger partial charge is 0.299 e. The second kappa shape index (κ2) is 18.9. The van der Waals surface area contributed by atoms with Gasteiger partial charge in [-0.1, -0.05) is 182 Å². The Morgan fingerprint density at radius 2 is 0.500 bits per heavy atom. The van der Waals surface area contributed by atoms with Crippen LogP contribution < -0.4 is 11.5 Å². The van der Waals surface area contributed by atoms with Gasteiger partial charge in [0.2, 0.25) is 0 Å². The molecule has 4 heteroatoms. The molecular formula is C78H50N2O2. The lowest BCUT2D eigenvalue weighted by atomic mass is 9.83. The molecular weight excluding hydrogens is 997 g/mol. The number of fused-ring (bicyclic) bond motifs is 9. The molecule has 0 saturated heterocycles. The average molecular weight is 1050 g/mol. The zero-order valence-corrected chi connectivity index (χ0v) is 44.5. The topological polar surface area (TPSA) is 78.3 Å². The first-order valence-electron chi connectivity index (χ1n) is 27.8. The fourth-order valence-electron chi connectivity index (χ4n) is 12.6. The quantitative estimate of drug-likeness (QED) is 0.149. The number of rotatable bonds is 8. The van der Waals surface area contributed by atoms with Crippen LogP contribution in [0.5, 0.6) is 0 Å². The lowest BCUT2D eigenvalue weighted by molar-refractivity contribution is 0.524. The van der Waals surface area contributed by atoms with Crippen LogP contribution in [0, 0.1) is 0 Å². The van der Waals surface area contributed by atoms with Crippen LogP contribution in [0.15, 0.2) is 288 Å². The molecule has 2 aromatic heterocycles. The van der Waals surface area contributed by atoms with Crippen LogP contribution >= 0.6 is 0 Å². The van der Waals surface area contributed by atoms with Crippen molar-refractivity contribution in [2.45, 2.75) is 0 Å². The van der Waals surface area contributed by atoms with Gasteiger partial charge in [-0.3, -0.25) is 0 Å². The van der Waals surface area contributed by atoms with Crippen molar-refractivity contribution in [1.82, 2.24) is 0 Å². The molecule has 0 aliphatic rings. The Bertz CT molecular complexity index is 4710. The summed E-state index contributed by atoms with van der Waals surface area (Å²) < 4.78 is 13.3. The van der Waals surface area contributed by atoms with Gasteiger partial charge in [-0.25, -0.2) is 0 Å². The summed E-state index contributed by atoms with van der Waals surface area (Å²) >= 11 is 0. The van der Waals surface area contributed by atoms with Crippen molar-refractivity contribution in [3.8, 4) is 89.0 Å². The van der Waals surface area contributed by atoms with Crippen molar-refractivity contribution in [3.05, 3.63) is 279 Å². The monoisotopic (exact) mass is 1050 g/mol. The molecule has 0 amide bonds. The first kappa shape index (κ1) is 47.1. The molecule has 0 unspecified atom stereocenters. The molecule has 16 rings (SSSR count). The molecule has 0 bridgehead atoms. The van der Waals surface area contributed by atoms with E-state index in [4.69, 9.17) is 20.3 Å². The number of benzene rings is 14. The summed E-state index contributed by atoms with van der Waals surface area (Å²) in [4.78, 5) is 0. The van der Waals surface area contributed by atoms with E-state index in [0.29, 0.717) is 5.78 Å². The third-order valence-electron chi connectivity index (χ3n) is 16.7. The summed E-state index contributed by atoms with van der Waals surface area (Å²) in [6.45, 7) is 0. The van der Waals surface area contributed by atoms with Gasteiger partial charge in [-0.05, 0) is 229 Å². The van der Waals surface area contributed by atoms with Gasteiger partial charge >= 0.3 is 0 Å². The molecule has 0 saturated carbocycles. The van der Waals surface area contributed by atoms with Crippen LogP contribution in [-0.4, -0.2) is 0 Å². The van der Waals surface area contributed by atoms with Crippen molar-refractivity contribution in [1.29, 1.82) is 0 Å². The largest absolute Gasteiger partial charge is 0.425 e. The average Bonchev–Trinajstić information content (AvgIpc) is 3.97. The molecule has 0 spiro atoms. The van der Waals surface area contributed by atoms with Gasteiger partial charge < -0.3 is 20.3 Å². The number of nitrogens with two attached hydrogens (primary N) is 2. The standard InChI is InChI=1S/C78H50N2O2/c79-65-31-25-51(26-32-65)75-67(59-21-17-47-9-1-5-13-53(47)37-59)43-63(44-68(75)60-22-18-48-10-2-6-14-54(48)38-60)57-29-35-73-71(41-57)77-72-42-58(30-36-74(72)82-78(77)81-73)64-45-69(61-23-19-49-11-3-7-15-55(49)39-61)76(52-27-33-66(80)34-28-52)70(46-64)62-24-20-50-12-4-8-16-56(50)40-62/h1-46H,79-80H2. The third kappa shape index (κ3) is 8.07. The zero-order chi connectivity index (χ0) is 54.4. The predicted octanol–water partition coefficient (Wildman–Crippen LogP) is 21.4. The minimum atomic E-state index is 0.499. The molecule has 0 aliphatic heterocycles. The van der Waals surface area contributed by atoms with E-state index < -0.39 is 0 Å². The predicted molar refractivity (Wildman–Crippen MR) is 346 cm³/mol. The lowest BCUT2D eigenvalue weighted by Gasteiger charge is -2.20. The summed E-state index contributed by atoms with van der Waals surface area (Å²) in [5.74, 6) is 0.499. The molecule has 0 aliphatic carbocycles. The highest BCUT2D eigenvalue weighted by molar-refractivity contribution is 6.19. The van der Waals surface area contributed by atoms with Crippen molar-refractivity contribution in [2.75, 3.05) is 11.5 Å². The highest BCUT2D eigenvalue weighted by Crippen LogP contribution is 2.49. The van der Waals surface area contributed by atoms with Gasteiger partial charge in [0, 0.05) is 22.1 Å². The third-order valence-corrected chi connectivity index (χ3v) is 16.7. The molecule has 2 heterocycles. The van der Waals surface area contributed by atoms with E-state index in [1.54, 1.807) is 0 Å². The van der Waals surface area contributed by atoms with Crippen LogP contribution in [0.2, 0.25) is 0 Å². The Balaban J connectivity index is 0.910. The maximum absolute atomic E-state index is 6.64. The van der Waals surface area contributed by atoms with Gasteiger partial charge in [0.05, 0.1) is 5.39 Å². The lowest BCUT2D eigenvalue weighted by Crippen LogP contribution is -1.94. The molecule has 16 aromatic rings. The summed E-state index contributed by atoms with van der Waals surface area (Å²) in [6.07, 6.45) is 0. The van der Waals surface area contributed by atoms with Crippen molar-refractivity contribution >= 4 is 87.6 Å². The minimum absolute atomic E-state index is 0.499. The van der Waals surface area contributed by atoms with E-state index in [-0.39, 0.29) is 0 Å². The van der Waals surface area contributed by atoms with Gasteiger partial charge in [0.25, 0.3) is 5.78 Å². The highest BCUT2D eigenvalue weighted by atomic mass is 16.5. The van der Waals surface area contributed by atoms with Crippen molar-refractivity contribution < 1.29 is 8.83 Å². The Morgan fingerprint density at radius 3 is 0.817 bits per heavy atom. The van der Waals surface area contributed by atoms with E-state index in [1.807, 2.05) is 24.3 Å². The van der Waals surface area contributed by atoms with E-state index in [1.165, 1.54) is 43.1 Å². The van der Waals surface area contributed by atoms with Crippen molar-refractivity contribution in [3.63, 3.8) is 0 Å². The Hall–Kier alpha value is -10.9. The molecule has 14 aromatic carbocycles. The Morgan fingerprint density at radius 1 is 0.220 bits per heavy atom. The fraction of sp³-hybridized carbons (Fsp3) is 0. The number of anilines is 2. The van der Waals surface area contributed by atoms with E-state index in [2.05, 4.69) is 255 Å². The van der Waals surface area contributed by atoms with Crippen LogP contribution in [0.1, 0.15) is 0 Å². The molecule has 82 heavy (non-hydrogen) atoms. The second-order valence-electron chi connectivity index (χ2n) is 21.7. The molecule has 0 fully saturated rings. The summed E-state index contributed by atoms with van der Waals surface area (Å²) in [7, 11) is 0. The fourth-order valence-corrected chi connectivity index (χ4v) is 12.6. The van der Waals surface area contributed by atoms with Crippen LogP contribution in [0.4, 0.5) is 11.4 Å². The van der Waals surface area contributed by atoms with Crippen LogP contribution in [-0.2, 0) is 0 Å². The van der Waals surface area contributed by atoms with Gasteiger partial charge in [0.15, 0.2) is 0 Å². The summed E-state index contributed by atoms with van der Waals surface area (Å²) in [5.41, 5.74) is 33.5. The number of furan rings is 2. The summed E-state index contributed by atoms with van der Waals surface area (Å²) in [6, 6.07) is 101. The van der Waals surface area contributed by atoms with Gasteiger partial charge in [-0.15, -0.1) is 0 Å². The molecule has 4 N–H and O–H groups in total. The van der Waals surface area contributed by atoms with Gasteiger partial charge in [-0.2, -0.15) is 0 Å². The first-order chi connectivity index (χ1) is 40.4. The zero-order valence-electron chi connectivity index (χ0n) is 44.5.